The van der Waals surface area contributed by atoms with Crippen LogP contribution in [0.1, 0.15) is 37.4 Å². The van der Waals surface area contributed by atoms with Crippen LogP contribution in [-0.4, -0.2) is 18.3 Å². The van der Waals surface area contributed by atoms with Crippen LogP contribution in [0, 0.1) is 16.7 Å². The Morgan fingerprint density at radius 3 is 2.65 bits per heavy atom. The summed E-state index contributed by atoms with van der Waals surface area (Å²) in [5.41, 5.74) is 0.0709. The summed E-state index contributed by atoms with van der Waals surface area (Å²) in [4.78, 5) is 0. The minimum atomic E-state index is -0.783. The van der Waals surface area contributed by atoms with E-state index in [-0.39, 0.29) is 0 Å². The zero-order valence-corrected chi connectivity index (χ0v) is 12.6. The molecule has 1 aliphatic heterocycles. The standard InChI is InChI=1S/C15H16BrNO3/c16-11-7-10(14(18)15(9-17)3-1-4-15)8-12-13(11)20-6-2-5-19-12/h7-8,14,18H,1-6H2. The van der Waals surface area contributed by atoms with Crippen molar-refractivity contribution in [3.05, 3.63) is 22.2 Å². The van der Waals surface area contributed by atoms with Gasteiger partial charge in [-0.25, -0.2) is 0 Å². The van der Waals surface area contributed by atoms with Crippen LogP contribution in [0.4, 0.5) is 0 Å². The normalized spacial score (nSPS) is 21.2. The zero-order chi connectivity index (χ0) is 14.2. The molecule has 5 heteroatoms. The lowest BCUT2D eigenvalue weighted by Crippen LogP contribution is -2.34. The van der Waals surface area contributed by atoms with Gasteiger partial charge in [0.25, 0.3) is 0 Å². The molecule has 20 heavy (non-hydrogen) atoms. The van der Waals surface area contributed by atoms with Crippen LogP contribution < -0.4 is 9.47 Å². The summed E-state index contributed by atoms with van der Waals surface area (Å²) in [6.07, 6.45) is 2.54. The van der Waals surface area contributed by atoms with Gasteiger partial charge in [-0.05, 0) is 46.5 Å². The van der Waals surface area contributed by atoms with E-state index >= 15 is 0 Å². The summed E-state index contributed by atoms with van der Waals surface area (Å²) >= 11 is 3.47. The zero-order valence-electron chi connectivity index (χ0n) is 11.1. The highest BCUT2D eigenvalue weighted by Crippen LogP contribution is 2.51. The Morgan fingerprint density at radius 1 is 1.25 bits per heavy atom. The molecule has 0 aromatic heterocycles. The molecule has 0 radical (unpaired) electrons. The molecule has 4 nitrogen and oxygen atoms in total. The van der Waals surface area contributed by atoms with Gasteiger partial charge in [-0.1, -0.05) is 6.42 Å². The molecule has 1 atom stereocenters. The minimum absolute atomic E-state index is 0.600. The molecule has 1 aliphatic carbocycles. The second kappa shape index (κ2) is 5.27. The predicted molar refractivity (Wildman–Crippen MR) is 76.6 cm³/mol. The minimum Gasteiger partial charge on any atom is -0.490 e. The Bertz CT molecular complexity index is 563. The number of nitrogens with zero attached hydrogens (tertiary/aromatic N) is 1. The first kappa shape index (κ1) is 13.7. The fourth-order valence-electron chi connectivity index (χ4n) is 2.73. The topological polar surface area (TPSA) is 62.5 Å². The molecule has 106 valence electrons. The fraction of sp³-hybridized carbons (Fsp3) is 0.533. The van der Waals surface area contributed by atoms with Crippen LogP contribution in [0.5, 0.6) is 11.5 Å². The highest BCUT2D eigenvalue weighted by Gasteiger charge is 2.45. The Labute approximate surface area is 126 Å². The number of hydrogen-bond donors (Lipinski definition) is 1. The average Bonchev–Trinajstić information content (AvgIpc) is 2.63. The van der Waals surface area contributed by atoms with Crippen LogP contribution in [0.25, 0.3) is 0 Å². The van der Waals surface area contributed by atoms with Crippen molar-refractivity contribution in [3.8, 4) is 17.6 Å². The molecule has 2 aliphatic rings. The maximum atomic E-state index is 10.5. The summed E-state index contributed by atoms with van der Waals surface area (Å²) in [6, 6.07) is 5.92. The van der Waals surface area contributed by atoms with E-state index in [1.807, 2.05) is 6.07 Å². The molecule has 1 aromatic rings. The Balaban J connectivity index is 1.97. The van der Waals surface area contributed by atoms with E-state index in [9.17, 15) is 10.4 Å². The number of aliphatic hydroxyl groups excluding tert-OH is 1. The summed E-state index contributed by atoms with van der Waals surface area (Å²) < 4.78 is 12.1. The first-order valence-electron chi connectivity index (χ1n) is 6.85. The van der Waals surface area contributed by atoms with Crippen molar-refractivity contribution in [3.63, 3.8) is 0 Å². The van der Waals surface area contributed by atoms with Crippen molar-refractivity contribution >= 4 is 15.9 Å². The Morgan fingerprint density at radius 2 is 2.00 bits per heavy atom. The van der Waals surface area contributed by atoms with E-state index in [1.54, 1.807) is 6.07 Å². The molecule has 0 bridgehead atoms. The highest BCUT2D eigenvalue weighted by atomic mass is 79.9. The van der Waals surface area contributed by atoms with Crippen LogP contribution in [-0.2, 0) is 0 Å². The van der Waals surface area contributed by atoms with E-state index in [2.05, 4.69) is 22.0 Å². The lowest BCUT2D eigenvalue weighted by molar-refractivity contribution is 0.00775. The van der Waals surface area contributed by atoms with Gasteiger partial charge in [0.2, 0.25) is 0 Å². The van der Waals surface area contributed by atoms with Crippen molar-refractivity contribution < 1.29 is 14.6 Å². The van der Waals surface area contributed by atoms with E-state index in [4.69, 9.17) is 9.47 Å². The molecular weight excluding hydrogens is 322 g/mol. The number of benzene rings is 1. The summed E-state index contributed by atoms with van der Waals surface area (Å²) in [7, 11) is 0. The first-order chi connectivity index (χ1) is 9.66. The number of halogens is 1. The average molecular weight is 338 g/mol. The molecule has 1 aromatic carbocycles. The third kappa shape index (κ3) is 2.17. The van der Waals surface area contributed by atoms with Crippen LogP contribution in [0.2, 0.25) is 0 Å². The lowest BCUT2D eigenvalue weighted by atomic mass is 9.64. The van der Waals surface area contributed by atoms with Crippen molar-refractivity contribution in [2.45, 2.75) is 31.8 Å². The van der Waals surface area contributed by atoms with Crippen LogP contribution in [0.15, 0.2) is 16.6 Å². The van der Waals surface area contributed by atoms with Crippen molar-refractivity contribution in [1.29, 1.82) is 5.26 Å². The van der Waals surface area contributed by atoms with Crippen LogP contribution in [0.3, 0.4) is 0 Å². The van der Waals surface area contributed by atoms with Crippen molar-refractivity contribution in [2.24, 2.45) is 5.41 Å². The third-order valence-corrected chi connectivity index (χ3v) is 4.72. The quantitative estimate of drug-likeness (QED) is 0.898. The molecular formula is C15H16BrNO3. The van der Waals surface area contributed by atoms with Crippen molar-refractivity contribution in [1.82, 2.24) is 0 Å². The molecule has 0 amide bonds. The fourth-order valence-corrected chi connectivity index (χ4v) is 3.31. The van der Waals surface area contributed by atoms with E-state index < -0.39 is 11.5 Å². The molecule has 1 fully saturated rings. The van der Waals surface area contributed by atoms with Gasteiger partial charge in [0.05, 0.1) is 35.3 Å². The van der Waals surface area contributed by atoms with Gasteiger partial charge in [0.1, 0.15) is 0 Å². The van der Waals surface area contributed by atoms with E-state index in [0.29, 0.717) is 30.3 Å². The SMILES string of the molecule is N#CC1(C(O)c2cc(Br)c3c(c2)OCCCO3)CCC1. The number of nitriles is 1. The van der Waals surface area contributed by atoms with Gasteiger partial charge in [0.15, 0.2) is 11.5 Å². The van der Waals surface area contributed by atoms with Gasteiger partial charge in [-0.3, -0.25) is 0 Å². The van der Waals surface area contributed by atoms with E-state index in [1.165, 1.54) is 0 Å². The molecule has 1 unspecified atom stereocenters. The van der Waals surface area contributed by atoms with Gasteiger partial charge < -0.3 is 14.6 Å². The molecule has 1 saturated carbocycles. The predicted octanol–water partition coefficient (Wildman–Crippen LogP) is 3.34. The highest BCUT2D eigenvalue weighted by molar-refractivity contribution is 9.10. The smallest absolute Gasteiger partial charge is 0.175 e. The molecule has 3 rings (SSSR count). The number of aliphatic hydroxyl groups is 1. The number of fused-ring (bicyclic) bond motifs is 1. The van der Waals surface area contributed by atoms with E-state index in [0.717, 1.165) is 30.2 Å². The van der Waals surface area contributed by atoms with Gasteiger partial charge >= 0.3 is 0 Å². The second-order valence-corrected chi connectivity index (χ2v) is 6.26. The van der Waals surface area contributed by atoms with Gasteiger partial charge in [-0.2, -0.15) is 5.26 Å². The maximum Gasteiger partial charge on any atom is 0.175 e. The molecule has 1 N–H and O–H groups in total. The Kier molecular flexibility index (Phi) is 3.61. The first-order valence-corrected chi connectivity index (χ1v) is 7.64. The maximum absolute atomic E-state index is 10.5. The number of hydrogen-bond acceptors (Lipinski definition) is 4. The summed E-state index contributed by atoms with van der Waals surface area (Å²) in [6.45, 7) is 1.22. The largest absolute Gasteiger partial charge is 0.490 e. The van der Waals surface area contributed by atoms with Gasteiger partial charge in [-0.15, -0.1) is 0 Å². The van der Waals surface area contributed by atoms with Crippen LogP contribution >= 0.6 is 15.9 Å². The number of rotatable bonds is 2. The summed E-state index contributed by atoms with van der Waals surface area (Å²) in [5.74, 6) is 1.32. The monoisotopic (exact) mass is 337 g/mol. The molecule has 0 spiro atoms. The third-order valence-electron chi connectivity index (χ3n) is 4.13. The number of ether oxygens (including phenoxy) is 2. The van der Waals surface area contributed by atoms with Crippen molar-refractivity contribution in [2.75, 3.05) is 13.2 Å². The second-order valence-electron chi connectivity index (χ2n) is 5.40. The molecule has 1 heterocycles. The summed E-state index contributed by atoms with van der Waals surface area (Å²) in [5, 5.41) is 19.9. The van der Waals surface area contributed by atoms with Gasteiger partial charge in [0, 0.05) is 6.42 Å². The molecule has 0 saturated heterocycles. The lowest BCUT2D eigenvalue weighted by Gasteiger charge is -2.39. The Hall–Kier alpha value is -1.25.